The van der Waals surface area contributed by atoms with Gasteiger partial charge in [0, 0.05) is 25.6 Å². The van der Waals surface area contributed by atoms with Crippen molar-refractivity contribution in [1.29, 1.82) is 0 Å². The van der Waals surface area contributed by atoms with Gasteiger partial charge >= 0.3 is 12.4 Å². The van der Waals surface area contributed by atoms with Crippen molar-refractivity contribution in [2.24, 2.45) is 7.05 Å². The van der Waals surface area contributed by atoms with Gasteiger partial charge in [-0.15, -0.1) is 11.8 Å². The van der Waals surface area contributed by atoms with Gasteiger partial charge in [-0.05, 0) is 17.9 Å². The summed E-state index contributed by atoms with van der Waals surface area (Å²) < 4.78 is 81.8. The van der Waals surface area contributed by atoms with Crippen molar-refractivity contribution in [3.05, 3.63) is 52.3 Å². The molecule has 0 spiro atoms. The van der Waals surface area contributed by atoms with E-state index in [9.17, 15) is 31.1 Å². The van der Waals surface area contributed by atoms with Crippen molar-refractivity contribution in [3.8, 4) is 11.3 Å². The van der Waals surface area contributed by atoms with E-state index in [1.807, 2.05) is 6.92 Å². The molecular formula is C18H13F6N5OS. The van der Waals surface area contributed by atoms with Crippen LogP contribution in [0.3, 0.4) is 0 Å². The first kappa shape index (κ1) is 21.3. The van der Waals surface area contributed by atoms with Crippen LogP contribution in [0.2, 0.25) is 0 Å². The van der Waals surface area contributed by atoms with Crippen LogP contribution >= 0.6 is 11.8 Å². The zero-order chi connectivity index (χ0) is 22.7. The van der Waals surface area contributed by atoms with Gasteiger partial charge in [0.1, 0.15) is 16.4 Å². The molecule has 0 fully saturated rings. The molecule has 0 bridgehead atoms. The van der Waals surface area contributed by atoms with E-state index in [4.69, 9.17) is 0 Å². The largest absolute Gasteiger partial charge is 0.434 e. The maximum atomic E-state index is 13.1. The average molecular weight is 461 g/mol. The number of fused-ring (bicyclic) bond motifs is 2. The van der Waals surface area contributed by atoms with Crippen LogP contribution in [0.1, 0.15) is 18.2 Å². The fraction of sp³-hybridized carbons (Fsp3) is 0.278. The molecule has 4 heterocycles. The maximum absolute atomic E-state index is 13.1. The molecule has 0 unspecified atom stereocenters. The predicted molar refractivity (Wildman–Crippen MR) is 101 cm³/mol. The van der Waals surface area contributed by atoms with E-state index in [0.29, 0.717) is 10.8 Å². The fourth-order valence-electron chi connectivity index (χ4n) is 3.14. The number of imidazole rings is 2. The van der Waals surface area contributed by atoms with Crippen molar-refractivity contribution in [2.75, 3.05) is 5.75 Å². The van der Waals surface area contributed by atoms with E-state index in [0.717, 1.165) is 33.5 Å². The van der Waals surface area contributed by atoms with Gasteiger partial charge in [0.25, 0.3) is 5.56 Å². The summed E-state index contributed by atoms with van der Waals surface area (Å²) in [5.41, 5.74) is -2.77. The van der Waals surface area contributed by atoms with Crippen LogP contribution in [0, 0.1) is 0 Å². The Morgan fingerprint density at radius 2 is 1.77 bits per heavy atom. The van der Waals surface area contributed by atoms with E-state index in [-0.39, 0.29) is 22.7 Å². The number of halogens is 6. The van der Waals surface area contributed by atoms with Gasteiger partial charge in [-0.25, -0.2) is 9.97 Å². The van der Waals surface area contributed by atoms with E-state index in [1.165, 1.54) is 29.4 Å². The fourth-order valence-corrected chi connectivity index (χ4v) is 4.00. The summed E-state index contributed by atoms with van der Waals surface area (Å²) in [7, 11) is 1.26. The van der Waals surface area contributed by atoms with Gasteiger partial charge in [0.15, 0.2) is 5.69 Å². The molecule has 0 saturated heterocycles. The molecule has 0 saturated carbocycles. The second-order valence-electron chi connectivity index (χ2n) is 6.58. The summed E-state index contributed by atoms with van der Waals surface area (Å²) in [5, 5.41) is 0.402. The monoisotopic (exact) mass is 461 g/mol. The molecule has 4 aromatic rings. The second-order valence-corrected chi connectivity index (χ2v) is 7.83. The van der Waals surface area contributed by atoms with Gasteiger partial charge in [0.2, 0.25) is 5.78 Å². The van der Waals surface area contributed by atoms with E-state index >= 15 is 0 Å². The Morgan fingerprint density at radius 1 is 1.06 bits per heavy atom. The van der Waals surface area contributed by atoms with Gasteiger partial charge in [-0.3, -0.25) is 18.2 Å². The highest BCUT2D eigenvalue weighted by Crippen LogP contribution is 2.35. The lowest BCUT2D eigenvalue weighted by Crippen LogP contribution is -2.21. The third kappa shape index (κ3) is 3.56. The smallest absolute Gasteiger partial charge is 0.294 e. The molecule has 0 aliphatic heterocycles. The van der Waals surface area contributed by atoms with Crippen LogP contribution < -0.4 is 5.56 Å². The van der Waals surface area contributed by atoms with Crippen LogP contribution in [0.25, 0.3) is 22.7 Å². The number of pyridine rings is 1. The molecule has 0 amide bonds. The summed E-state index contributed by atoms with van der Waals surface area (Å²) in [5.74, 6) is 0.294. The Labute approximate surface area is 174 Å². The van der Waals surface area contributed by atoms with Crippen molar-refractivity contribution in [1.82, 2.24) is 23.3 Å². The summed E-state index contributed by atoms with van der Waals surface area (Å²) in [6, 6.07) is 1.75. The average Bonchev–Trinajstić information content (AvgIpc) is 3.26. The molecule has 0 radical (unpaired) electrons. The maximum Gasteiger partial charge on any atom is 0.434 e. The van der Waals surface area contributed by atoms with E-state index < -0.39 is 29.2 Å². The van der Waals surface area contributed by atoms with Crippen molar-refractivity contribution >= 4 is 23.2 Å². The number of aromatic nitrogens is 5. The summed E-state index contributed by atoms with van der Waals surface area (Å²) >= 11 is 1.24. The number of aryl methyl sites for hydroxylation is 1. The Morgan fingerprint density at radius 3 is 2.39 bits per heavy atom. The first-order chi connectivity index (χ1) is 14.4. The molecule has 0 aliphatic carbocycles. The number of hydrogen-bond donors (Lipinski definition) is 0. The molecule has 4 aromatic heterocycles. The molecule has 13 heteroatoms. The van der Waals surface area contributed by atoms with Crippen LogP contribution in [0.4, 0.5) is 26.3 Å². The Bertz CT molecular complexity index is 1360. The van der Waals surface area contributed by atoms with Crippen LogP contribution in [-0.2, 0) is 19.4 Å². The summed E-state index contributed by atoms with van der Waals surface area (Å²) in [4.78, 5) is 20.6. The molecule has 164 valence electrons. The highest BCUT2D eigenvalue weighted by atomic mass is 32.2. The minimum atomic E-state index is -4.71. The lowest BCUT2D eigenvalue weighted by molar-refractivity contribution is -0.141. The number of thioether (sulfide) groups is 1. The Hall–Kier alpha value is -2.96. The topological polar surface area (TPSA) is 56.6 Å². The highest BCUT2D eigenvalue weighted by Gasteiger charge is 2.35. The van der Waals surface area contributed by atoms with Crippen LogP contribution in [0.5, 0.6) is 0 Å². The normalized spacial score (nSPS) is 12.9. The number of hydrogen-bond acceptors (Lipinski definition) is 4. The predicted octanol–water partition coefficient (Wildman–Crippen LogP) is 4.50. The molecule has 6 nitrogen and oxygen atoms in total. The second kappa shape index (κ2) is 7.04. The number of rotatable bonds is 3. The van der Waals surface area contributed by atoms with Gasteiger partial charge in [-0.2, -0.15) is 26.3 Å². The van der Waals surface area contributed by atoms with Crippen molar-refractivity contribution in [3.63, 3.8) is 0 Å². The highest BCUT2D eigenvalue weighted by molar-refractivity contribution is 7.99. The molecule has 0 N–H and O–H groups in total. The van der Waals surface area contributed by atoms with Gasteiger partial charge in [0.05, 0.1) is 11.1 Å². The summed E-state index contributed by atoms with van der Waals surface area (Å²) in [6.45, 7) is 1.81. The first-order valence-corrected chi connectivity index (χ1v) is 9.78. The van der Waals surface area contributed by atoms with Crippen molar-refractivity contribution < 1.29 is 26.3 Å². The van der Waals surface area contributed by atoms with Gasteiger partial charge < -0.3 is 0 Å². The van der Waals surface area contributed by atoms with E-state index in [2.05, 4.69) is 9.97 Å². The molecule has 4 rings (SSSR count). The van der Waals surface area contributed by atoms with Crippen molar-refractivity contribution in [2.45, 2.75) is 24.3 Å². The zero-order valence-corrected chi connectivity index (χ0v) is 16.7. The summed E-state index contributed by atoms with van der Waals surface area (Å²) in [6.07, 6.45) is -6.18. The van der Waals surface area contributed by atoms with Crippen LogP contribution in [0.15, 0.2) is 40.5 Å². The third-order valence-electron chi connectivity index (χ3n) is 4.55. The van der Waals surface area contributed by atoms with Crippen LogP contribution in [-0.4, -0.2) is 29.1 Å². The van der Waals surface area contributed by atoms with Gasteiger partial charge in [-0.1, -0.05) is 6.92 Å². The zero-order valence-electron chi connectivity index (χ0n) is 15.9. The minimum absolute atomic E-state index is 0.0375. The standard InChI is InChI=1S/C18H13F6N5OS/c1-3-31-15-13(26-12-6-9(17(19,20)21)4-5-29(12)15)10-7-28-8-11(18(22,23)24)25-16(28)27(2)14(10)30/h4-8H,3H2,1-2H3. The Kier molecular flexibility index (Phi) is 4.83. The molecular weight excluding hydrogens is 448 g/mol. The Balaban J connectivity index is 2.00. The lowest BCUT2D eigenvalue weighted by atomic mass is 10.2. The molecule has 0 aromatic carbocycles. The molecule has 0 aliphatic rings. The lowest BCUT2D eigenvalue weighted by Gasteiger charge is -2.08. The molecule has 0 atom stereocenters. The third-order valence-corrected chi connectivity index (χ3v) is 5.50. The number of nitrogens with zero attached hydrogens (tertiary/aromatic N) is 5. The molecule has 31 heavy (non-hydrogen) atoms. The minimum Gasteiger partial charge on any atom is -0.294 e. The SMILES string of the molecule is CCSc1c(-c2cn3cc(C(F)(F)F)nc3n(C)c2=O)nc2cc(C(F)(F)F)ccn12. The quantitative estimate of drug-likeness (QED) is 0.333. The number of alkyl halides is 6. The first-order valence-electron chi connectivity index (χ1n) is 8.80. The van der Waals surface area contributed by atoms with E-state index in [1.54, 1.807) is 0 Å².